The zero-order valence-electron chi connectivity index (χ0n) is 12.1. The van der Waals surface area contributed by atoms with E-state index >= 15 is 0 Å². The molecule has 0 saturated heterocycles. The zero-order chi connectivity index (χ0) is 14.9. The number of benzene rings is 1. The maximum atomic E-state index is 5.97. The number of ether oxygens (including phenoxy) is 2. The van der Waals surface area contributed by atoms with Gasteiger partial charge in [0, 0.05) is 35.3 Å². The second-order valence-corrected chi connectivity index (χ2v) is 5.85. The van der Waals surface area contributed by atoms with E-state index in [1.54, 1.807) is 7.11 Å². The molecule has 0 saturated carbocycles. The lowest BCUT2D eigenvalue weighted by atomic mass is 10.0. The van der Waals surface area contributed by atoms with Crippen LogP contribution in [0.4, 0.5) is 0 Å². The Bertz CT molecular complexity index is 783. The van der Waals surface area contributed by atoms with Gasteiger partial charge in [0.2, 0.25) is 0 Å². The van der Waals surface area contributed by atoms with Crippen molar-refractivity contribution in [3.8, 4) is 22.9 Å². The largest absolute Gasteiger partial charge is 0.493 e. The van der Waals surface area contributed by atoms with Crippen molar-refractivity contribution in [2.24, 2.45) is 0 Å². The van der Waals surface area contributed by atoms with Crippen molar-refractivity contribution in [2.45, 2.75) is 12.5 Å². The third-order valence-corrected chi connectivity index (χ3v) is 4.49. The second kappa shape index (κ2) is 5.46. The van der Waals surface area contributed by atoms with Gasteiger partial charge < -0.3 is 14.0 Å². The molecule has 1 aromatic carbocycles. The standard InChI is InChI=1S/C16H15N3O2S/c1-20-14-4-2-3-11-7-13(9-21-15(11)14)19-6-5-17-16(19)12-8-18-22-10-12/h2-6,8,10,13H,7,9H2,1H3. The Morgan fingerprint density at radius 1 is 1.41 bits per heavy atom. The van der Waals surface area contributed by atoms with Crippen LogP contribution in [0.3, 0.4) is 0 Å². The van der Waals surface area contributed by atoms with Gasteiger partial charge in [0.15, 0.2) is 11.5 Å². The van der Waals surface area contributed by atoms with Gasteiger partial charge in [0.05, 0.1) is 19.3 Å². The summed E-state index contributed by atoms with van der Waals surface area (Å²) in [6, 6.07) is 6.24. The highest BCUT2D eigenvalue weighted by molar-refractivity contribution is 7.03. The van der Waals surface area contributed by atoms with Gasteiger partial charge in [0.25, 0.3) is 0 Å². The summed E-state index contributed by atoms with van der Waals surface area (Å²) in [7, 11) is 1.67. The van der Waals surface area contributed by atoms with Crippen molar-refractivity contribution < 1.29 is 9.47 Å². The summed E-state index contributed by atoms with van der Waals surface area (Å²) in [6.07, 6.45) is 6.58. The summed E-state index contributed by atoms with van der Waals surface area (Å²) in [5.41, 5.74) is 2.21. The Morgan fingerprint density at radius 2 is 2.36 bits per heavy atom. The molecule has 3 aromatic rings. The van der Waals surface area contributed by atoms with Crippen LogP contribution in [0.15, 0.2) is 42.2 Å². The molecule has 5 nitrogen and oxygen atoms in total. The number of imidazole rings is 1. The Morgan fingerprint density at radius 3 is 3.18 bits per heavy atom. The molecule has 0 aliphatic carbocycles. The van der Waals surface area contributed by atoms with Crippen molar-refractivity contribution in [2.75, 3.05) is 13.7 Å². The minimum absolute atomic E-state index is 0.219. The Balaban J connectivity index is 1.68. The molecule has 0 bridgehead atoms. The lowest BCUT2D eigenvalue weighted by Crippen LogP contribution is -2.24. The maximum Gasteiger partial charge on any atom is 0.164 e. The highest BCUT2D eigenvalue weighted by Gasteiger charge is 2.25. The maximum absolute atomic E-state index is 5.97. The monoisotopic (exact) mass is 313 g/mol. The van der Waals surface area contributed by atoms with Gasteiger partial charge in [-0.2, -0.15) is 0 Å². The molecular weight excluding hydrogens is 298 g/mol. The molecule has 2 aromatic heterocycles. The van der Waals surface area contributed by atoms with E-state index in [1.807, 2.05) is 36.1 Å². The van der Waals surface area contributed by atoms with E-state index in [9.17, 15) is 0 Å². The average Bonchev–Trinajstić information content (AvgIpc) is 3.24. The quantitative estimate of drug-likeness (QED) is 0.745. The van der Waals surface area contributed by atoms with Crippen LogP contribution < -0.4 is 9.47 Å². The fraction of sp³-hybridized carbons (Fsp3) is 0.250. The molecule has 0 amide bonds. The lowest BCUT2D eigenvalue weighted by molar-refractivity contribution is 0.215. The number of hydrogen-bond acceptors (Lipinski definition) is 5. The second-order valence-electron chi connectivity index (χ2n) is 5.19. The van der Waals surface area contributed by atoms with Crippen molar-refractivity contribution in [1.29, 1.82) is 0 Å². The summed E-state index contributed by atoms with van der Waals surface area (Å²) < 4.78 is 17.7. The molecule has 6 heteroatoms. The van der Waals surface area contributed by atoms with Crippen LogP contribution >= 0.6 is 11.5 Å². The Kier molecular flexibility index (Phi) is 3.31. The topological polar surface area (TPSA) is 49.2 Å². The van der Waals surface area contributed by atoms with Gasteiger partial charge in [-0.1, -0.05) is 12.1 Å². The SMILES string of the molecule is COc1cccc2c1OCC(n1ccnc1-c1cnsc1)C2. The molecule has 1 unspecified atom stereocenters. The molecule has 0 radical (unpaired) electrons. The van der Waals surface area contributed by atoms with E-state index in [-0.39, 0.29) is 6.04 Å². The van der Waals surface area contributed by atoms with Gasteiger partial charge in [-0.05, 0) is 17.6 Å². The molecule has 0 spiro atoms. The number of methoxy groups -OCH3 is 1. The number of hydrogen-bond donors (Lipinski definition) is 0. The minimum Gasteiger partial charge on any atom is -0.493 e. The number of aromatic nitrogens is 3. The number of fused-ring (bicyclic) bond motifs is 1. The first-order valence-electron chi connectivity index (χ1n) is 7.08. The van der Waals surface area contributed by atoms with E-state index in [4.69, 9.17) is 9.47 Å². The van der Waals surface area contributed by atoms with E-state index in [1.165, 1.54) is 17.1 Å². The fourth-order valence-electron chi connectivity index (χ4n) is 2.86. The van der Waals surface area contributed by atoms with Crippen LogP contribution in [0.25, 0.3) is 11.4 Å². The Labute approximate surface area is 132 Å². The van der Waals surface area contributed by atoms with Crippen LogP contribution in [-0.4, -0.2) is 27.6 Å². The van der Waals surface area contributed by atoms with Crippen molar-refractivity contribution in [3.05, 3.63) is 47.7 Å². The third-order valence-electron chi connectivity index (χ3n) is 3.91. The molecule has 3 heterocycles. The molecule has 0 fully saturated rings. The summed E-state index contributed by atoms with van der Waals surface area (Å²) in [5, 5.41) is 2.01. The first kappa shape index (κ1) is 13.3. The van der Waals surface area contributed by atoms with E-state index < -0.39 is 0 Å². The molecular formula is C16H15N3O2S. The summed E-state index contributed by atoms with van der Waals surface area (Å²) in [5.74, 6) is 2.60. The third kappa shape index (κ3) is 2.16. The van der Waals surface area contributed by atoms with E-state index in [2.05, 4.69) is 20.0 Å². The molecule has 1 aliphatic rings. The van der Waals surface area contributed by atoms with Crippen molar-refractivity contribution in [1.82, 2.24) is 13.9 Å². The molecule has 22 heavy (non-hydrogen) atoms. The number of nitrogens with zero attached hydrogens (tertiary/aromatic N) is 3. The predicted molar refractivity (Wildman–Crippen MR) is 84.6 cm³/mol. The van der Waals surface area contributed by atoms with Crippen LogP contribution in [0.1, 0.15) is 11.6 Å². The Hall–Kier alpha value is -2.34. The molecule has 0 N–H and O–H groups in total. The van der Waals surface area contributed by atoms with Gasteiger partial charge in [-0.25, -0.2) is 9.36 Å². The molecule has 4 rings (SSSR count). The fourth-order valence-corrected chi connectivity index (χ4v) is 3.38. The number of rotatable bonds is 3. The summed E-state index contributed by atoms with van der Waals surface area (Å²) in [6.45, 7) is 0.605. The summed E-state index contributed by atoms with van der Waals surface area (Å²) >= 11 is 1.44. The first-order chi connectivity index (χ1) is 10.9. The van der Waals surface area contributed by atoms with Crippen molar-refractivity contribution >= 4 is 11.5 Å². The highest BCUT2D eigenvalue weighted by Crippen LogP contribution is 2.38. The number of para-hydroxylation sites is 1. The van der Waals surface area contributed by atoms with Crippen LogP contribution in [0.5, 0.6) is 11.5 Å². The van der Waals surface area contributed by atoms with Crippen LogP contribution in [0.2, 0.25) is 0 Å². The first-order valence-corrected chi connectivity index (χ1v) is 7.91. The smallest absolute Gasteiger partial charge is 0.164 e. The van der Waals surface area contributed by atoms with Gasteiger partial charge in [0.1, 0.15) is 12.4 Å². The van der Waals surface area contributed by atoms with Gasteiger partial charge in [-0.3, -0.25) is 0 Å². The van der Waals surface area contributed by atoms with E-state index in [0.717, 1.165) is 29.3 Å². The molecule has 1 atom stereocenters. The van der Waals surface area contributed by atoms with Gasteiger partial charge in [-0.15, -0.1) is 0 Å². The molecule has 1 aliphatic heterocycles. The normalized spacial score (nSPS) is 16.9. The van der Waals surface area contributed by atoms with Crippen LogP contribution in [0, 0.1) is 0 Å². The minimum atomic E-state index is 0.219. The van der Waals surface area contributed by atoms with Gasteiger partial charge >= 0.3 is 0 Å². The zero-order valence-corrected chi connectivity index (χ0v) is 12.9. The lowest BCUT2D eigenvalue weighted by Gasteiger charge is -2.28. The van der Waals surface area contributed by atoms with Crippen LogP contribution in [-0.2, 0) is 6.42 Å². The average molecular weight is 313 g/mol. The predicted octanol–water partition coefficient (Wildman–Crippen LogP) is 3.19. The highest BCUT2D eigenvalue weighted by atomic mass is 32.1. The van der Waals surface area contributed by atoms with E-state index in [0.29, 0.717) is 6.61 Å². The summed E-state index contributed by atoms with van der Waals surface area (Å²) in [4.78, 5) is 4.47. The van der Waals surface area contributed by atoms with Crippen molar-refractivity contribution in [3.63, 3.8) is 0 Å². The molecule has 112 valence electrons.